The molecule has 4 nitrogen and oxygen atoms in total. The molecule has 3 aromatic rings. The van der Waals surface area contributed by atoms with Crippen LogP contribution < -0.4 is 5.32 Å². The third kappa shape index (κ3) is 3.08. The number of thiophene rings is 1. The molecule has 0 aliphatic rings. The fourth-order valence-corrected chi connectivity index (χ4v) is 3.22. The molecule has 1 aromatic carbocycles. The molecule has 0 spiro atoms. The highest BCUT2D eigenvalue weighted by Gasteiger charge is 2.01. The van der Waals surface area contributed by atoms with Crippen molar-refractivity contribution in [3.8, 4) is 0 Å². The Hall–Kier alpha value is -1.53. The van der Waals surface area contributed by atoms with Crippen molar-refractivity contribution in [1.82, 2.24) is 15.2 Å². The molecule has 6 heteroatoms. The van der Waals surface area contributed by atoms with Crippen LogP contribution >= 0.6 is 27.3 Å². The van der Waals surface area contributed by atoms with Gasteiger partial charge in [-0.15, -0.1) is 21.5 Å². The zero-order valence-corrected chi connectivity index (χ0v) is 12.4. The van der Waals surface area contributed by atoms with Crippen molar-refractivity contribution in [2.45, 2.75) is 6.42 Å². The Labute approximate surface area is 123 Å². The number of nitrogens with one attached hydrogen (secondary N) is 1. The van der Waals surface area contributed by atoms with Crippen LogP contribution in [0.2, 0.25) is 0 Å². The minimum absolute atomic E-state index is 0.578. The quantitative estimate of drug-likeness (QED) is 0.793. The molecule has 3 rings (SSSR count). The van der Waals surface area contributed by atoms with Gasteiger partial charge in [0.1, 0.15) is 5.52 Å². The lowest BCUT2D eigenvalue weighted by molar-refractivity contribution is 0.961. The van der Waals surface area contributed by atoms with E-state index in [1.165, 1.54) is 4.88 Å². The highest BCUT2D eigenvalue weighted by molar-refractivity contribution is 9.11. The summed E-state index contributed by atoms with van der Waals surface area (Å²) in [7, 11) is 0. The summed E-state index contributed by atoms with van der Waals surface area (Å²) in [5, 5.41) is 11.4. The Balaban J connectivity index is 1.65. The van der Waals surface area contributed by atoms with Crippen molar-refractivity contribution in [2.75, 3.05) is 11.9 Å². The van der Waals surface area contributed by atoms with Gasteiger partial charge in [-0.2, -0.15) is 0 Å². The van der Waals surface area contributed by atoms with Gasteiger partial charge in [-0.1, -0.05) is 12.1 Å². The van der Waals surface area contributed by atoms with Crippen LogP contribution in [-0.2, 0) is 6.42 Å². The zero-order valence-electron chi connectivity index (χ0n) is 10.0. The third-order valence-corrected chi connectivity index (χ3v) is 4.33. The summed E-state index contributed by atoms with van der Waals surface area (Å²) < 4.78 is 1.16. The number of halogens is 1. The van der Waals surface area contributed by atoms with E-state index >= 15 is 0 Å². The standard InChI is InChI=1S/C13H11BrN4S/c14-12-6-5-9(19-12)7-8-15-13-16-10-3-1-2-4-11(10)17-18-13/h1-6H,7-8H2,(H,15,16,18). The Morgan fingerprint density at radius 2 is 1.89 bits per heavy atom. The summed E-state index contributed by atoms with van der Waals surface area (Å²) in [6.07, 6.45) is 0.951. The monoisotopic (exact) mass is 334 g/mol. The number of hydrogen-bond donors (Lipinski definition) is 1. The van der Waals surface area contributed by atoms with Gasteiger partial charge < -0.3 is 5.32 Å². The van der Waals surface area contributed by atoms with E-state index in [1.807, 2.05) is 24.3 Å². The van der Waals surface area contributed by atoms with Gasteiger partial charge in [0.25, 0.3) is 0 Å². The van der Waals surface area contributed by atoms with Gasteiger partial charge >= 0.3 is 0 Å². The molecular weight excluding hydrogens is 324 g/mol. The van der Waals surface area contributed by atoms with Crippen LogP contribution in [0.3, 0.4) is 0 Å². The van der Waals surface area contributed by atoms with Crippen LogP contribution in [-0.4, -0.2) is 21.7 Å². The molecule has 1 N–H and O–H groups in total. The van der Waals surface area contributed by atoms with E-state index in [-0.39, 0.29) is 0 Å². The highest BCUT2D eigenvalue weighted by atomic mass is 79.9. The number of aromatic nitrogens is 3. The molecular formula is C13H11BrN4S. The maximum Gasteiger partial charge on any atom is 0.243 e. The van der Waals surface area contributed by atoms with E-state index in [4.69, 9.17) is 0 Å². The molecule has 0 radical (unpaired) electrons. The lowest BCUT2D eigenvalue weighted by atomic mass is 10.3. The molecule has 0 aliphatic heterocycles. The predicted octanol–water partition coefficient (Wildman–Crippen LogP) is 3.50. The highest BCUT2D eigenvalue weighted by Crippen LogP contribution is 2.22. The lowest BCUT2D eigenvalue weighted by Gasteiger charge is -2.03. The SMILES string of the molecule is Brc1ccc(CCNc2nnc3ccccc3n2)s1. The minimum atomic E-state index is 0.578. The van der Waals surface area contributed by atoms with Gasteiger partial charge in [0, 0.05) is 11.4 Å². The van der Waals surface area contributed by atoms with Crippen molar-refractivity contribution >= 4 is 44.2 Å². The maximum atomic E-state index is 4.42. The summed E-state index contributed by atoms with van der Waals surface area (Å²) in [4.78, 5) is 5.75. The van der Waals surface area contributed by atoms with Gasteiger partial charge in [-0.3, -0.25) is 0 Å². The molecule has 0 amide bonds. The van der Waals surface area contributed by atoms with E-state index in [2.05, 4.69) is 48.6 Å². The van der Waals surface area contributed by atoms with Crippen LogP contribution in [0.15, 0.2) is 40.2 Å². The third-order valence-electron chi connectivity index (χ3n) is 2.64. The van der Waals surface area contributed by atoms with E-state index in [1.54, 1.807) is 11.3 Å². The van der Waals surface area contributed by atoms with Crippen molar-refractivity contribution in [1.29, 1.82) is 0 Å². The van der Waals surface area contributed by atoms with Gasteiger partial charge in [-0.05, 0) is 46.6 Å². The Kier molecular flexibility index (Phi) is 3.70. The Bertz CT molecular complexity index is 698. The fourth-order valence-electron chi connectivity index (χ4n) is 1.74. The second-order valence-corrected chi connectivity index (χ2v) is 6.55. The summed E-state index contributed by atoms with van der Waals surface area (Å²) >= 11 is 5.21. The van der Waals surface area contributed by atoms with Gasteiger partial charge in [0.15, 0.2) is 0 Å². The van der Waals surface area contributed by atoms with Gasteiger partial charge in [0.2, 0.25) is 5.95 Å². The van der Waals surface area contributed by atoms with Crippen molar-refractivity contribution in [2.24, 2.45) is 0 Å². The topological polar surface area (TPSA) is 50.7 Å². The smallest absolute Gasteiger partial charge is 0.243 e. The van der Waals surface area contributed by atoms with Crippen LogP contribution in [0, 0.1) is 0 Å². The first kappa shape index (κ1) is 12.5. The fraction of sp³-hybridized carbons (Fsp3) is 0.154. The molecule has 96 valence electrons. The molecule has 2 aromatic heterocycles. The molecule has 0 saturated carbocycles. The molecule has 19 heavy (non-hydrogen) atoms. The van der Waals surface area contributed by atoms with Gasteiger partial charge in [-0.25, -0.2) is 4.98 Å². The predicted molar refractivity (Wildman–Crippen MR) is 81.5 cm³/mol. The second-order valence-electron chi connectivity index (χ2n) is 4.01. The normalized spacial score (nSPS) is 10.8. The number of nitrogens with zero attached hydrogens (tertiary/aromatic N) is 3. The average molecular weight is 335 g/mol. The minimum Gasteiger partial charge on any atom is -0.353 e. The second kappa shape index (κ2) is 5.63. The van der Waals surface area contributed by atoms with Crippen LogP contribution in [0.25, 0.3) is 11.0 Å². The van der Waals surface area contributed by atoms with Crippen LogP contribution in [0.1, 0.15) is 4.88 Å². The molecule has 2 heterocycles. The van der Waals surface area contributed by atoms with Crippen molar-refractivity contribution in [3.63, 3.8) is 0 Å². The number of rotatable bonds is 4. The molecule has 0 saturated heterocycles. The van der Waals surface area contributed by atoms with Crippen molar-refractivity contribution in [3.05, 3.63) is 45.1 Å². The summed E-state index contributed by atoms with van der Waals surface area (Å²) in [5.74, 6) is 0.578. The lowest BCUT2D eigenvalue weighted by Crippen LogP contribution is -2.08. The zero-order chi connectivity index (χ0) is 13.1. The Morgan fingerprint density at radius 3 is 2.68 bits per heavy atom. The van der Waals surface area contributed by atoms with E-state index in [0.29, 0.717) is 5.95 Å². The van der Waals surface area contributed by atoms with Crippen LogP contribution in [0.4, 0.5) is 5.95 Å². The van der Waals surface area contributed by atoms with E-state index in [0.717, 1.165) is 27.8 Å². The summed E-state index contributed by atoms with van der Waals surface area (Å²) in [5.41, 5.74) is 1.68. The van der Waals surface area contributed by atoms with Gasteiger partial charge in [0.05, 0.1) is 9.30 Å². The molecule has 0 atom stereocenters. The number of hydrogen-bond acceptors (Lipinski definition) is 5. The Morgan fingerprint density at radius 1 is 1.05 bits per heavy atom. The van der Waals surface area contributed by atoms with E-state index < -0.39 is 0 Å². The first-order valence-electron chi connectivity index (χ1n) is 5.89. The number of benzene rings is 1. The van der Waals surface area contributed by atoms with Crippen LogP contribution in [0.5, 0.6) is 0 Å². The first-order chi connectivity index (χ1) is 9.31. The van der Waals surface area contributed by atoms with Crippen molar-refractivity contribution < 1.29 is 0 Å². The number of fused-ring (bicyclic) bond motifs is 1. The number of anilines is 1. The molecule has 0 bridgehead atoms. The summed E-state index contributed by atoms with van der Waals surface area (Å²) in [6, 6.07) is 11.9. The first-order valence-corrected chi connectivity index (χ1v) is 7.50. The maximum absolute atomic E-state index is 4.42. The molecule has 0 fully saturated rings. The molecule has 0 aliphatic carbocycles. The largest absolute Gasteiger partial charge is 0.353 e. The average Bonchev–Trinajstić information content (AvgIpc) is 2.84. The summed E-state index contributed by atoms with van der Waals surface area (Å²) in [6.45, 7) is 0.799. The van der Waals surface area contributed by atoms with E-state index in [9.17, 15) is 0 Å². The number of para-hydroxylation sites is 1. The molecule has 0 unspecified atom stereocenters.